The van der Waals surface area contributed by atoms with Crippen LogP contribution in [0, 0.1) is 0 Å². The van der Waals surface area contributed by atoms with Crippen LogP contribution in [-0.2, 0) is 11.3 Å². The van der Waals surface area contributed by atoms with E-state index in [4.69, 9.17) is 28.3 Å². The van der Waals surface area contributed by atoms with Crippen molar-refractivity contribution < 1.29 is 9.90 Å². The normalized spacial score (nSPS) is 12.4. The third kappa shape index (κ3) is 3.67. The van der Waals surface area contributed by atoms with E-state index >= 15 is 0 Å². The highest BCUT2D eigenvalue weighted by atomic mass is 35.5. The van der Waals surface area contributed by atoms with Gasteiger partial charge in [-0.25, -0.2) is 0 Å². The first-order chi connectivity index (χ1) is 7.54. The number of benzene rings is 1. The molecule has 0 amide bonds. The van der Waals surface area contributed by atoms with Crippen molar-refractivity contribution in [1.29, 1.82) is 0 Å². The molecule has 0 aliphatic carbocycles. The van der Waals surface area contributed by atoms with Gasteiger partial charge in [0, 0.05) is 16.6 Å². The van der Waals surface area contributed by atoms with Crippen LogP contribution in [0.1, 0.15) is 18.9 Å². The second-order valence-corrected chi connectivity index (χ2v) is 4.26. The van der Waals surface area contributed by atoms with Crippen LogP contribution in [0.25, 0.3) is 0 Å². The molecule has 1 aromatic rings. The van der Waals surface area contributed by atoms with E-state index in [2.05, 4.69) is 5.32 Å². The van der Waals surface area contributed by atoms with Gasteiger partial charge in [0.1, 0.15) is 6.04 Å². The highest BCUT2D eigenvalue weighted by molar-refractivity contribution is 6.35. The summed E-state index contributed by atoms with van der Waals surface area (Å²) >= 11 is 11.7. The monoisotopic (exact) mass is 261 g/mol. The number of carboxylic acids is 1. The Labute approximate surface area is 104 Å². The summed E-state index contributed by atoms with van der Waals surface area (Å²) in [7, 11) is 0. The molecule has 0 radical (unpaired) electrons. The Bertz CT molecular complexity index is 382. The van der Waals surface area contributed by atoms with E-state index in [9.17, 15) is 4.79 Å². The maximum Gasteiger partial charge on any atom is 0.320 e. The van der Waals surface area contributed by atoms with E-state index in [1.807, 2.05) is 6.92 Å². The van der Waals surface area contributed by atoms with E-state index in [1.54, 1.807) is 18.2 Å². The van der Waals surface area contributed by atoms with E-state index < -0.39 is 12.0 Å². The lowest BCUT2D eigenvalue weighted by atomic mass is 10.2. The van der Waals surface area contributed by atoms with Crippen LogP contribution < -0.4 is 5.32 Å². The van der Waals surface area contributed by atoms with E-state index in [0.717, 1.165) is 5.56 Å². The standard InChI is InChI=1S/C11H13Cl2NO2/c1-2-10(11(15)16)14-6-7-3-4-8(12)5-9(7)13/h3-5,10,14H,2,6H2,1H3,(H,15,16). The highest BCUT2D eigenvalue weighted by Crippen LogP contribution is 2.20. The third-order valence-electron chi connectivity index (χ3n) is 2.26. The van der Waals surface area contributed by atoms with Crippen LogP contribution in [0.15, 0.2) is 18.2 Å². The molecule has 0 bridgehead atoms. The predicted octanol–water partition coefficient (Wildman–Crippen LogP) is 2.95. The van der Waals surface area contributed by atoms with Crippen molar-refractivity contribution in [2.45, 2.75) is 25.9 Å². The van der Waals surface area contributed by atoms with Crippen LogP contribution in [0.3, 0.4) is 0 Å². The van der Waals surface area contributed by atoms with Gasteiger partial charge in [0.15, 0.2) is 0 Å². The Hall–Kier alpha value is -0.770. The predicted molar refractivity (Wildman–Crippen MR) is 65.0 cm³/mol. The lowest BCUT2D eigenvalue weighted by Gasteiger charge is -2.12. The molecule has 2 N–H and O–H groups in total. The fraction of sp³-hybridized carbons (Fsp3) is 0.364. The summed E-state index contributed by atoms with van der Waals surface area (Å²) in [6.45, 7) is 2.23. The second-order valence-electron chi connectivity index (χ2n) is 3.42. The molecule has 0 aliphatic heterocycles. The summed E-state index contributed by atoms with van der Waals surface area (Å²) in [5.41, 5.74) is 0.839. The topological polar surface area (TPSA) is 49.3 Å². The summed E-state index contributed by atoms with van der Waals surface area (Å²) in [5.74, 6) is -0.854. The Kier molecular flexibility index (Phi) is 5.06. The quantitative estimate of drug-likeness (QED) is 0.857. The highest BCUT2D eigenvalue weighted by Gasteiger charge is 2.14. The molecule has 1 atom stereocenters. The number of carbonyl (C=O) groups is 1. The van der Waals surface area contributed by atoms with Gasteiger partial charge in [-0.1, -0.05) is 36.2 Å². The smallest absolute Gasteiger partial charge is 0.320 e. The minimum absolute atomic E-state index is 0.417. The molecule has 16 heavy (non-hydrogen) atoms. The number of rotatable bonds is 5. The molecule has 1 aromatic carbocycles. The molecular formula is C11H13Cl2NO2. The molecule has 0 fully saturated rings. The molecule has 1 unspecified atom stereocenters. The summed E-state index contributed by atoms with van der Waals surface area (Å²) in [4.78, 5) is 10.8. The molecule has 0 saturated heterocycles. The van der Waals surface area contributed by atoms with Gasteiger partial charge in [-0.2, -0.15) is 0 Å². The van der Waals surface area contributed by atoms with Gasteiger partial charge in [0.05, 0.1) is 0 Å². The third-order valence-corrected chi connectivity index (χ3v) is 2.85. The zero-order valence-electron chi connectivity index (χ0n) is 8.84. The van der Waals surface area contributed by atoms with E-state index in [1.165, 1.54) is 0 Å². The average molecular weight is 262 g/mol. The Morgan fingerprint density at radius 1 is 1.50 bits per heavy atom. The van der Waals surface area contributed by atoms with Crippen LogP contribution in [0.4, 0.5) is 0 Å². The summed E-state index contributed by atoms with van der Waals surface area (Å²) in [6.07, 6.45) is 0.528. The first-order valence-corrected chi connectivity index (χ1v) is 5.70. The van der Waals surface area contributed by atoms with Crippen molar-refractivity contribution in [3.8, 4) is 0 Å². The molecule has 88 valence electrons. The van der Waals surface area contributed by atoms with Crippen molar-refractivity contribution >= 4 is 29.2 Å². The molecule has 3 nitrogen and oxygen atoms in total. The molecule has 5 heteroatoms. The Balaban J connectivity index is 2.63. The second kappa shape index (κ2) is 6.09. The van der Waals surface area contributed by atoms with Crippen LogP contribution in [0.5, 0.6) is 0 Å². The number of aliphatic carboxylic acids is 1. The van der Waals surface area contributed by atoms with Crippen molar-refractivity contribution in [1.82, 2.24) is 5.32 Å². The summed E-state index contributed by atoms with van der Waals surface area (Å²) in [5, 5.41) is 12.9. The number of carboxylic acid groups (broad SMARTS) is 1. The molecule has 0 aliphatic rings. The lowest BCUT2D eigenvalue weighted by Crippen LogP contribution is -2.35. The number of halogens is 2. The fourth-order valence-corrected chi connectivity index (χ4v) is 1.78. The largest absolute Gasteiger partial charge is 0.480 e. The number of hydrogen-bond donors (Lipinski definition) is 2. The number of nitrogens with one attached hydrogen (secondary N) is 1. The van der Waals surface area contributed by atoms with Gasteiger partial charge in [0.2, 0.25) is 0 Å². The molecule has 0 spiro atoms. The zero-order valence-corrected chi connectivity index (χ0v) is 10.3. The van der Waals surface area contributed by atoms with Gasteiger partial charge >= 0.3 is 5.97 Å². The minimum atomic E-state index is -0.854. The summed E-state index contributed by atoms with van der Waals surface area (Å²) in [6, 6.07) is 4.60. The maximum atomic E-state index is 10.8. The van der Waals surface area contributed by atoms with Gasteiger partial charge in [-0.05, 0) is 24.1 Å². The number of hydrogen-bond acceptors (Lipinski definition) is 2. The molecule has 0 heterocycles. The first kappa shape index (κ1) is 13.3. The van der Waals surface area contributed by atoms with Gasteiger partial charge in [0.25, 0.3) is 0 Å². The lowest BCUT2D eigenvalue weighted by molar-refractivity contribution is -0.139. The van der Waals surface area contributed by atoms with Gasteiger partial charge in [-0.3, -0.25) is 4.79 Å². The van der Waals surface area contributed by atoms with E-state index in [0.29, 0.717) is 23.0 Å². The molecule has 0 saturated carbocycles. The van der Waals surface area contributed by atoms with Crippen LogP contribution >= 0.6 is 23.2 Å². The van der Waals surface area contributed by atoms with Crippen molar-refractivity contribution in [3.63, 3.8) is 0 Å². The maximum absolute atomic E-state index is 10.8. The van der Waals surface area contributed by atoms with Crippen molar-refractivity contribution in [2.75, 3.05) is 0 Å². The zero-order chi connectivity index (χ0) is 12.1. The fourth-order valence-electron chi connectivity index (χ4n) is 1.30. The minimum Gasteiger partial charge on any atom is -0.480 e. The van der Waals surface area contributed by atoms with Crippen molar-refractivity contribution in [2.24, 2.45) is 0 Å². The van der Waals surface area contributed by atoms with Crippen molar-refractivity contribution in [3.05, 3.63) is 33.8 Å². The summed E-state index contributed by atoms with van der Waals surface area (Å²) < 4.78 is 0. The SMILES string of the molecule is CCC(NCc1ccc(Cl)cc1Cl)C(=O)O. The van der Waals surface area contributed by atoms with Gasteiger partial charge in [-0.15, -0.1) is 0 Å². The molecule has 1 rings (SSSR count). The Morgan fingerprint density at radius 2 is 2.19 bits per heavy atom. The van der Waals surface area contributed by atoms with E-state index in [-0.39, 0.29) is 0 Å². The Morgan fingerprint density at radius 3 is 2.69 bits per heavy atom. The van der Waals surface area contributed by atoms with Gasteiger partial charge < -0.3 is 10.4 Å². The average Bonchev–Trinajstić information content (AvgIpc) is 2.21. The molecule has 0 aromatic heterocycles. The van der Waals surface area contributed by atoms with Crippen LogP contribution in [0.2, 0.25) is 10.0 Å². The molecular weight excluding hydrogens is 249 g/mol. The van der Waals surface area contributed by atoms with Crippen LogP contribution in [-0.4, -0.2) is 17.1 Å². The first-order valence-electron chi connectivity index (χ1n) is 4.94.